The molecule has 0 aliphatic carbocycles. The quantitative estimate of drug-likeness (QED) is 0.129. The second-order valence-corrected chi connectivity index (χ2v) is 11.7. The van der Waals surface area contributed by atoms with Gasteiger partial charge in [0.15, 0.2) is 11.6 Å². The highest BCUT2D eigenvalue weighted by Gasteiger charge is 2.23. The molecule has 0 bridgehead atoms. The number of H-pyrrole nitrogens is 1. The van der Waals surface area contributed by atoms with Crippen LogP contribution in [-0.4, -0.2) is 66.0 Å². The molecule has 40 heavy (non-hydrogen) atoms. The molecule has 4 heterocycles. The Morgan fingerprint density at radius 3 is 2.70 bits per heavy atom. The van der Waals surface area contributed by atoms with E-state index in [2.05, 4.69) is 19.8 Å². The minimum Gasteiger partial charge on any atom is -0.378 e. The molecule has 4 N–H and O–H groups in total. The number of fused-ring (bicyclic) bond motifs is 2. The highest BCUT2D eigenvalue weighted by Crippen LogP contribution is 2.38. The van der Waals surface area contributed by atoms with Gasteiger partial charge in [-0.15, -0.1) is 11.3 Å². The Hall–Kier alpha value is -4.37. The molecule has 14 heteroatoms. The first-order valence-corrected chi connectivity index (χ1v) is 14.5. The summed E-state index contributed by atoms with van der Waals surface area (Å²) in [5.74, 6) is 0.557. The molecule has 2 aromatic carbocycles. The summed E-state index contributed by atoms with van der Waals surface area (Å²) in [6.45, 7) is 2.44. The molecule has 1 fully saturated rings. The normalized spacial score (nSPS) is 14.3. The first-order chi connectivity index (χ1) is 19.4. The summed E-state index contributed by atoms with van der Waals surface area (Å²) >= 11 is 1.27. The van der Waals surface area contributed by atoms with Gasteiger partial charge in [-0.05, 0) is 35.9 Å². The summed E-state index contributed by atoms with van der Waals surface area (Å²) in [4.78, 5) is 23.1. The average molecular weight is 578 g/mol. The second-order valence-electron chi connectivity index (χ2n) is 8.92. The molecule has 6 rings (SSSR count). The minimum atomic E-state index is -3.91. The highest BCUT2D eigenvalue weighted by molar-refractivity contribution is 7.93. The zero-order valence-electron chi connectivity index (χ0n) is 20.9. The number of rotatable bonds is 7. The molecular formula is C26H23N7O5S2. The lowest BCUT2D eigenvalue weighted by atomic mass is 10.1. The Bertz CT molecular complexity index is 1840. The molecule has 1 amide bonds. The van der Waals surface area contributed by atoms with Crippen molar-refractivity contribution in [1.82, 2.24) is 25.6 Å². The number of sulfonamides is 1. The third-order valence-corrected chi connectivity index (χ3v) is 8.90. The number of anilines is 2. The lowest BCUT2D eigenvalue weighted by Crippen LogP contribution is -2.36. The SMILES string of the molecule is O=C(/C=C/c1ccc(S(=O)(=O)Nc2cc3nc(-c4cccc5[nH]ncc45)nc(N4CCOCC4)c3s2)cc1)NO. The topological polar surface area (TPSA) is 162 Å². The van der Waals surface area contributed by atoms with Crippen LogP contribution < -0.4 is 15.1 Å². The molecule has 0 atom stereocenters. The van der Waals surface area contributed by atoms with Crippen LogP contribution in [0.4, 0.5) is 10.8 Å². The fourth-order valence-electron chi connectivity index (χ4n) is 4.40. The van der Waals surface area contributed by atoms with Crippen molar-refractivity contribution < 1.29 is 23.2 Å². The molecule has 1 saturated heterocycles. The number of aromatic amines is 1. The smallest absolute Gasteiger partial charge is 0.267 e. The third-order valence-electron chi connectivity index (χ3n) is 6.35. The van der Waals surface area contributed by atoms with Crippen molar-refractivity contribution in [2.24, 2.45) is 0 Å². The van der Waals surface area contributed by atoms with Gasteiger partial charge in [0.25, 0.3) is 15.9 Å². The Balaban J connectivity index is 1.36. The van der Waals surface area contributed by atoms with Crippen LogP contribution in [0.3, 0.4) is 0 Å². The highest BCUT2D eigenvalue weighted by atomic mass is 32.2. The van der Waals surface area contributed by atoms with Crippen LogP contribution >= 0.6 is 11.3 Å². The van der Waals surface area contributed by atoms with E-state index < -0.39 is 15.9 Å². The summed E-state index contributed by atoms with van der Waals surface area (Å²) in [6, 6.07) is 13.5. The number of nitrogens with zero attached hydrogens (tertiary/aromatic N) is 4. The van der Waals surface area contributed by atoms with Crippen molar-refractivity contribution in [3.8, 4) is 11.4 Å². The number of amides is 1. The molecule has 3 aromatic heterocycles. The molecule has 12 nitrogen and oxygen atoms in total. The fourth-order valence-corrected chi connectivity index (χ4v) is 6.69. The Labute approximate surface area is 232 Å². The Morgan fingerprint density at radius 1 is 1.12 bits per heavy atom. The lowest BCUT2D eigenvalue weighted by Gasteiger charge is -2.28. The summed E-state index contributed by atoms with van der Waals surface area (Å²) < 4.78 is 35.4. The largest absolute Gasteiger partial charge is 0.378 e. The molecule has 0 saturated carbocycles. The lowest BCUT2D eigenvalue weighted by molar-refractivity contribution is -0.124. The van der Waals surface area contributed by atoms with E-state index in [0.29, 0.717) is 48.2 Å². The fraction of sp³-hybridized carbons (Fsp3) is 0.154. The first-order valence-electron chi connectivity index (χ1n) is 12.2. The van der Waals surface area contributed by atoms with E-state index in [9.17, 15) is 13.2 Å². The van der Waals surface area contributed by atoms with E-state index in [-0.39, 0.29) is 4.90 Å². The van der Waals surface area contributed by atoms with Gasteiger partial charge in [-0.25, -0.2) is 23.9 Å². The van der Waals surface area contributed by atoms with Gasteiger partial charge in [0, 0.05) is 30.1 Å². The molecule has 0 unspecified atom stereocenters. The standard InChI is InChI=1S/C26H23N7O5S2/c34-22(31-35)9-6-16-4-7-17(8-5-16)40(36,37)32-23-14-21-24(39-23)26(33-10-12-38-13-11-33)29-25(28-21)18-2-1-3-20-19(18)15-27-30-20/h1-9,14-15,32,35H,10-13H2,(H,27,30)(H,31,34)/b9-6+. The minimum absolute atomic E-state index is 0.0560. The molecule has 0 spiro atoms. The van der Waals surface area contributed by atoms with E-state index in [4.69, 9.17) is 19.9 Å². The number of carbonyl (C=O) groups excluding carboxylic acids is 1. The van der Waals surface area contributed by atoms with Gasteiger partial charge >= 0.3 is 0 Å². The average Bonchev–Trinajstić information content (AvgIpc) is 3.62. The van der Waals surface area contributed by atoms with Crippen molar-refractivity contribution in [3.05, 3.63) is 66.4 Å². The number of aromatic nitrogens is 4. The number of ether oxygens (including phenoxy) is 1. The van der Waals surface area contributed by atoms with Crippen LogP contribution in [0.5, 0.6) is 0 Å². The second kappa shape index (κ2) is 10.7. The van der Waals surface area contributed by atoms with Gasteiger partial charge in [0.2, 0.25) is 0 Å². The first kappa shape index (κ1) is 25.9. The van der Waals surface area contributed by atoms with E-state index in [0.717, 1.165) is 33.1 Å². The van der Waals surface area contributed by atoms with Gasteiger partial charge in [-0.2, -0.15) is 5.10 Å². The monoisotopic (exact) mass is 577 g/mol. The summed E-state index contributed by atoms with van der Waals surface area (Å²) in [5.41, 5.74) is 4.40. The summed E-state index contributed by atoms with van der Waals surface area (Å²) in [5, 5.41) is 17.0. The van der Waals surface area contributed by atoms with E-state index in [1.807, 2.05) is 18.2 Å². The molecular weight excluding hydrogens is 554 g/mol. The molecule has 1 aliphatic heterocycles. The maximum Gasteiger partial charge on any atom is 0.267 e. The number of morpholine rings is 1. The Morgan fingerprint density at radius 2 is 1.93 bits per heavy atom. The molecule has 1 aliphatic rings. The van der Waals surface area contributed by atoms with E-state index in [1.165, 1.54) is 35.0 Å². The number of carbonyl (C=O) groups is 1. The predicted molar refractivity (Wildman–Crippen MR) is 152 cm³/mol. The van der Waals surface area contributed by atoms with Gasteiger partial charge in [-0.1, -0.05) is 24.3 Å². The summed E-state index contributed by atoms with van der Waals surface area (Å²) in [6.07, 6.45) is 4.32. The number of hydrogen-bond donors (Lipinski definition) is 4. The maximum absolute atomic E-state index is 13.2. The number of hydroxylamine groups is 1. The number of nitrogens with one attached hydrogen (secondary N) is 3. The van der Waals surface area contributed by atoms with Crippen LogP contribution in [0.2, 0.25) is 0 Å². The molecule has 204 valence electrons. The number of hydrogen-bond acceptors (Lipinski definition) is 10. The van der Waals surface area contributed by atoms with Crippen LogP contribution in [0.15, 0.2) is 65.7 Å². The number of thiophene rings is 1. The van der Waals surface area contributed by atoms with Crippen molar-refractivity contribution in [3.63, 3.8) is 0 Å². The van der Waals surface area contributed by atoms with Gasteiger partial charge in [-0.3, -0.25) is 19.8 Å². The maximum atomic E-state index is 13.2. The van der Waals surface area contributed by atoms with Crippen LogP contribution in [0.1, 0.15) is 5.56 Å². The Kier molecular flexibility index (Phi) is 6.89. The van der Waals surface area contributed by atoms with Crippen LogP contribution in [0, 0.1) is 0 Å². The van der Waals surface area contributed by atoms with Crippen molar-refractivity contribution in [2.75, 3.05) is 35.9 Å². The van der Waals surface area contributed by atoms with Crippen molar-refractivity contribution >= 4 is 65.3 Å². The van der Waals surface area contributed by atoms with Crippen LogP contribution in [-0.2, 0) is 19.6 Å². The van der Waals surface area contributed by atoms with Crippen molar-refractivity contribution in [1.29, 1.82) is 0 Å². The number of benzene rings is 2. The van der Waals surface area contributed by atoms with Gasteiger partial charge < -0.3 is 9.64 Å². The van der Waals surface area contributed by atoms with Crippen molar-refractivity contribution in [2.45, 2.75) is 4.90 Å². The van der Waals surface area contributed by atoms with E-state index >= 15 is 0 Å². The zero-order chi connectivity index (χ0) is 27.7. The molecule has 5 aromatic rings. The predicted octanol–water partition coefficient (Wildman–Crippen LogP) is 3.39. The third kappa shape index (κ3) is 5.12. The van der Waals surface area contributed by atoms with E-state index in [1.54, 1.807) is 24.4 Å². The molecule has 0 radical (unpaired) electrons. The van der Waals surface area contributed by atoms with Gasteiger partial charge in [0.05, 0.1) is 40.0 Å². The van der Waals surface area contributed by atoms with Gasteiger partial charge in [0.1, 0.15) is 5.00 Å². The van der Waals surface area contributed by atoms with Crippen LogP contribution in [0.25, 0.3) is 38.6 Å². The summed E-state index contributed by atoms with van der Waals surface area (Å²) in [7, 11) is -3.91. The zero-order valence-corrected chi connectivity index (χ0v) is 22.5.